The summed E-state index contributed by atoms with van der Waals surface area (Å²) < 4.78 is 6.92. The first-order valence-electron chi connectivity index (χ1n) is 7.28. The summed E-state index contributed by atoms with van der Waals surface area (Å²) in [5.41, 5.74) is 7.59. The topological polar surface area (TPSA) is 42.4 Å². The van der Waals surface area contributed by atoms with Gasteiger partial charge in [0.1, 0.15) is 11.5 Å². The second kappa shape index (κ2) is 7.25. The fourth-order valence-corrected chi connectivity index (χ4v) is 3.06. The lowest BCUT2D eigenvalue weighted by atomic mass is 10.0. The molecule has 2 atom stereocenters. The number of benzene rings is 1. The van der Waals surface area contributed by atoms with Crippen LogP contribution in [0.1, 0.15) is 36.5 Å². The van der Waals surface area contributed by atoms with Gasteiger partial charge in [0.2, 0.25) is 0 Å². The highest BCUT2D eigenvalue weighted by atomic mass is 79.9. The van der Waals surface area contributed by atoms with Gasteiger partial charge in [-0.1, -0.05) is 35.0 Å². The van der Waals surface area contributed by atoms with E-state index < -0.39 is 0 Å². The van der Waals surface area contributed by atoms with Gasteiger partial charge in [0, 0.05) is 17.1 Å². The molecule has 0 spiro atoms. The van der Waals surface area contributed by atoms with E-state index in [1.165, 1.54) is 5.56 Å². The Morgan fingerprint density at radius 1 is 1.29 bits per heavy atom. The lowest BCUT2D eigenvalue weighted by Crippen LogP contribution is -2.38. The highest BCUT2D eigenvalue weighted by Gasteiger charge is 2.26. The van der Waals surface area contributed by atoms with Crippen molar-refractivity contribution >= 4 is 15.9 Å². The van der Waals surface area contributed by atoms with Crippen molar-refractivity contribution in [1.29, 1.82) is 0 Å². The van der Waals surface area contributed by atoms with E-state index >= 15 is 0 Å². The van der Waals surface area contributed by atoms with Crippen LogP contribution in [0.5, 0.6) is 0 Å². The van der Waals surface area contributed by atoms with Gasteiger partial charge in [-0.05, 0) is 50.2 Å². The number of hydrogen-bond acceptors (Lipinski definition) is 3. The minimum absolute atomic E-state index is 0.0488. The predicted octanol–water partition coefficient (Wildman–Crippen LogP) is 4.26. The molecule has 0 aliphatic heterocycles. The van der Waals surface area contributed by atoms with E-state index in [0.29, 0.717) is 0 Å². The fraction of sp³-hybridized carbons (Fsp3) is 0.412. The molecule has 0 saturated heterocycles. The summed E-state index contributed by atoms with van der Waals surface area (Å²) >= 11 is 3.52. The number of nitrogens with two attached hydrogens (primary N) is 1. The van der Waals surface area contributed by atoms with Crippen LogP contribution in [0.25, 0.3) is 0 Å². The quantitative estimate of drug-likeness (QED) is 0.846. The summed E-state index contributed by atoms with van der Waals surface area (Å²) in [6, 6.07) is 12.5. The Bertz CT molecular complexity index is 582. The van der Waals surface area contributed by atoms with Gasteiger partial charge in [-0.3, -0.25) is 4.90 Å². The molecule has 0 radical (unpaired) electrons. The summed E-state index contributed by atoms with van der Waals surface area (Å²) in [5.74, 6) is 1.87. The Morgan fingerprint density at radius 3 is 2.62 bits per heavy atom. The molecule has 114 valence electrons. The van der Waals surface area contributed by atoms with Crippen LogP contribution in [0.2, 0.25) is 0 Å². The number of rotatable bonds is 6. The third-order valence-corrected chi connectivity index (χ3v) is 4.22. The maximum absolute atomic E-state index is 6.33. The van der Waals surface area contributed by atoms with E-state index in [2.05, 4.69) is 53.0 Å². The molecule has 0 aliphatic rings. The molecule has 0 bridgehead atoms. The van der Waals surface area contributed by atoms with Crippen molar-refractivity contribution in [3.63, 3.8) is 0 Å². The number of hydrogen-bond donors (Lipinski definition) is 1. The molecule has 21 heavy (non-hydrogen) atoms. The third kappa shape index (κ3) is 4.19. The second-order valence-corrected chi connectivity index (χ2v) is 6.43. The average molecular weight is 351 g/mol. The zero-order valence-corrected chi connectivity index (χ0v) is 14.4. The maximum Gasteiger partial charge on any atom is 0.122 e. The Hall–Kier alpha value is -1.10. The number of nitrogens with zero attached hydrogens (tertiary/aromatic N) is 1. The molecular weight excluding hydrogens is 328 g/mol. The number of aryl methyl sites for hydroxylation is 1. The van der Waals surface area contributed by atoms with Gasteiger partial charge in [-0.2, -0.15) is 0 Å². The van der Waals surface area contributed by atoms with Gasteiger partial charge >= 0.3 is 0 Å². The molecule has 1 heterocycles. The standard InChI is InChI=1S/C17H23BrN2O/c1-4-15(19)17(16-9-8-12(2)21-16)20(3)11-13-6-5-7-14(18)10-13/h5-10,15,17H,4,11,19H2,1-3H3. The van der Waals surface area contributed by atoms with Crippen molar-refractivity contribution in [3.8, 4) is 0 Å². The van der Waals surface area contributed by atoms with Crippen LogP contribution in [-0.4, -0.2) is 18.0 Å². The van der Waals surface area contributed by atoms with E-state index in [9.17, 15) is 0 Å². The maximum atomic E-state index is 6.33. The van der Waals surface area contributed by atoms with Crippen LogP contribution in [0.3, 0.4) is 0 Å². The van der Waals surface area contributed by atoms with E-state index in [-0.39, 0.29) is 12.1 Å². The third-order valence-electron chi connectivity index (χ3n) is 3.73. The van der Waals surface area contributed by atoms with E-state index in [0.717, 1.165) is 29.0 Å². The first-order chi connectivity index (χ1) is 10.0. The molecule has 2 N–H and O–H groups in total. The van der Waals surface area contributed by atoms with Crippen LogP contribution < -0.4 is 5.73 Å². The molecule has 3 nitrogen and oxygen atoms in total. The summed E-state index contributed by atoms with van der Waals surface area (Å²) in [7, 11) is 2.10. The zero-order chi connectivity index (χ0) is 15.4. The summed E-state index contributed by atoms with van der Waals surface area (Å²) in [6.07, 6.45) is 0.910. The molecule has 1 aromatic carbocycles. The minimum Gasteiger partial charge on any atom is -0.465 e. The van der Waals surface area contributed by atoms with Crippen molar-refractivity contribution in [2.75, 3.05) is 7.05 Å². The van der Waals surface area contributed by atoms with Gasteiger partial charge in [-0.25, -0.2) is 0 Å². The normalized spacial score (nSPS) is 14.4. The van der Waals surface area contributed by atoms with E-state index in [4.69, 9.17) is 10.2 Å². The Morgan fingerprint density at radius 2 is 2.05 bits per heavy atom. The molecule has 2 aromatic rings. The minimum atomic E-state index is 0.0488. The SMILES string of the molecule is CCC(N)C(c1ccc(C)o1)N(C)Cc1cccc(Br)c1. The van der Waals surface area contributed by atoms with Crippen LogP contribution in [-0.2, 0) is 6.54 Å². The van der Waals surface area contributed by atoms with Crippen LogP contribution >= 0.6 is 15.9 Å². The van der Waals surface area contributed by atoms with Crippen molar-refractivity contribution < 1.29 is 4.42 Å². The molecule has 4 heteroatoms. The van der Waals surface area contributed by atoms with Crippen LogP contribution in [0, 0.1) is 6.92 Å². The number of likely N-dealkylation sites (N-methyl/N-ethyl adjacent to an activating group) is 1. The molecule has 1 aromatic heterocycles. The first-order valence-corrected chi connectivity index (χ1v) is 8.07. The predicted molar refractivity (Wildman–Crippen MR) is 90.1 cm³/mol. The fourth-order valence-electron chi connectivity index (χ4n) is 2.61. The number of halogens is 1. The first kappa shape index (κ1) is 16.3. The average Bonchev–Trinajstić information content (AvgIpc) is 2.85. The lowest BCUT2D eigenvalue weighted by Gasteiger charge is -2.31. The van der Waals surface area contributed by atoms with E-state index in [1.54, 1.807) is 0 Å². The Kier molecular flexibility index (Phi) is 5.62. The lowest BCUT2D eigenvalue weighted by molar-refractivity contribution is 0.174. The summed E-state index contributed by atoms with van der Waals surface area (Å²) in [5, 5.41) is 0. The van der Waals surface area contributed by atoms with Crippen LogP contribution in [0.15, 0.2) is 45.3 Å². The highest BCUT2D eigenvalue weighted by molar-refractivity contribution is 9.10. The monoisotopic (exact) mass is 350 g/mol. The largest absolute Gasteiger partial charge is 0.465 e. The molecular formula is C17H23BrN2O. The van der Waals surface area contributed by atoms with Gasteiger partial charge in [0.05, 0.1) is 6.04 Å². The van der Waals surface area contributed by atoms with Crippen molar-refractivity contribution in [2.45, 2.75) is 38.9 Å². The Labute approximate surface area is 135 Å². The second-order valence-electron chi connectivity index (χ2n) is 5.51. The van der Waals surface area contributed by atoms with Crippen LogP contribution in [0.4, 0.5) is 0 Å². The highest BCUT2D eigenvalue weighted by Crippen LogP contribution is 2.27. The van der Waals surface area contributed by atoms with Gasteiger partial charge in [-0.15, -0.1) is 0 Å². The van der Waals surface area contributed by atoms with Crippen molar-refractivity contribution in [2.24, 2.45) is 5.73 Å². The van der Waals surface area contributed by atoms with Gasteiger partial charge in [0.25, 0.3) is 0 Å². The smallest absolute Gasteiger partial charge is 0.122 e. The van der Waals surface area contributed by atoms with Crippen molar-refractivity contribution in [1.82, 2.24) is 4.90 Å². The van der Waals surface area contributed by atoms with Crippen molar-refractivity contribution in [3.05, 3.63) is 58.0 Å². The van der Waals surface area contributed by atoms with Gasteiger partial charge in [0.15, 0.2) is 0 Å². The van der Waals surface area contributed by atoms with E-state index in [1.807, 2.05) is 25.1 Å². The summed E-state index contributed by atoms with van der Waals surface area (Å²) in [4.78, 5) is 2.26. The summed E-state index contributed by atoms with van der Waals surface area (Å²) in [6.45, 7) is 4.91. The molecule has 0 aliphatic carbocycles. The molecule has 0 fully saturated rings. The number of furan rings is 1. The molecule has 0 saturated carbocycles. The zero-order valence-electron chi connectivity index (χ0n) is 12.8. The Balaban J connectivity index is 2.20. The molecule has 2 rings (SSSR count). The molecule has 0 amide bonds. The van der Waals surface area contributed by atoms with Gasteiger partial charge < -0.3 is 10.2 Å². The molecule has 2 unspecified atom stereocenters.